The summed E-state index contributed by atoms with van der Waals surface area (Å²) in [5, 5.41) is 10.1. The molecule has 0 amide bonds. The van der Waals surface area contributed by atoms with E-state index in [1.54, 1.807) is 24.3 Å². The van der Waals surface area contributed by atoms with Crippen LogP contribution in [0.1, 0.15) is 0 Å². The van der Waals surface area contributed by atoms with Gasteiger partial charge < -0.3 is 23.7 Å². The summed E-state index contributed by atoms with van der Waals surface area (Å²) in [6, 6.07) is 9.37. The minimum atomic E-state index is -0.209. The van der Waals surface area contributed by atoms with Crippen LogP contribution in [-0.4, -0.2) is 26.4 Å². The van der Waals surface area contributed by atoms with Crippen LogP contribution in [0.25, 0.3) is 22.3 Å². The van der Waals surface area contributed by atoms with Gasteiger partial charge in [0.15, 0.2) is 28.3 Å². The first-order valence-corrected chi connectivity index (χ1v) is 7.15. The van der Waals surface area contributed by atoms with Crippen molar-refractivity contribution >= 4 is 11.0 Å². The van der Waals surface area contributed by atoms with Gasteiger partial charge in [-0.25, -0.2) is 0 Å². The first-order chi connectivity index (χ1) is 11.6. The molecule has 1 N–H and O–H groups in total. The van der Waals surface area contributed by atoms with Crippen molar-refractivity contribution in [2.24, 2.45) is 0 Å². The molecule has 3 rings (SSSR count). The summed E-state index contributed by atoms with van der Waals surface area (Å²) in [5.74, 6) is 1.43. The molecule has 1 aromatic heterocycles. The van der Waals surface area contributed by atoms with E-state index >= 15 is 0 Å². The zero-order chi connectivity index (χ0) is 17.3. The molecule has 24 heavy (non-hydrogen) atoms. The second-order valence-electron chi connectivity index (χ2n) is 5.04. The Morgan fingerprint density at radius 2 is 1.67 bits per heavy atom. The molecule has 0 aliphatic heterocycles. The highest BCUT2D eigenvalue weighted by molar-refractivity contribution is 5.86. The van der Waals surface area contributed by atoms with E-state index in [0.29, 0.717) is 33.8 Å². The van der Waals surface area contributed by atoms with E-state index in [0.717, 1.165) is 0 Å². The van der Waals surface area contributed by atoms with Crippen LogP contribution >= 0.6 is 0 Å². The van der Waals surface area contributed by atoms with Gasteiger partial charge in [-0.05, 0) is 30.3 Å². The Morgan fingerprint density at radius 3 is 2.33 bits per heavy atom. The van der Waals surface area contributed by atoms with Crippen molar-refractivity contribution in [1.82, 2.24) is 0 Å². The van der Waals surface area contributed by atoms with Crippen LogP contribution in [0.5, 0.6) is 23.0 Å². The molecule has 0 fully saturated rings. The Bertz CT molecular complexity index is 958. The quantitative estimate of drug-likeness (QED) is 0.792. The molecule has 0 unspecified atom stereocenters. The minimum absolute atomic E-state index is 0.00337. The van der Waals surface area contributed by atoms with Crippen LogP contribution < -0.4 is 19.6 Å². The van der Waals surface area contributed by atoms with Gasteiger partial charge in [-0.1, -0.05) is 0 Å². The molecule has 6 heteroatoms. The zero-order valence-corrected chi connectivity index (χ0v) is 13.5. The Kier molecular flexibility index (Phi) is 4.04. The maximum Gasteiger partial charge on any atom is 0.204 e. The van der Waals surface area contributed by atoms with Crippen LogP contribution in [0, 0.1) is 0 Å². The summed E-state index contributed by atoms with van der Waals surface area (Å²) in [5.41, 5.74) is 0.680. The SMILES string of the molecule is COc1cc(-c2cc(=O)c3ccc(OC)c(OC)c3o2)ccc1O. The number of phenols is 1. The van der Waals surface area contributed by atoms with E-state index < -0.39 is 0 Å². The number of rotatable bonds is 4. The van der Waals surface area contributed by atoms with Gasteiger partial charge in [-0.2, -0.15) is 0 Å². The fourth-order valence-electron chi connectivity index (χ4n) is 2.50. The number of ether oxygens (including phenoxy) is 3. The first kappa shape index (κ1) is 15.7. The van der Waals surface area contributed by atoms with E-state index in [9.17, 15) is 9.90 Å². The Balaban J connectivity index is 2.29. The molecule has 0 saturated heterocycles. The molecule has 0 spiro atoms. The van der Waals surface area contributed by atoms with Crippen LogP contribution in [0.4, 0.5) is 0 Å². The summed E-state index contributed by atoms with van der Waals surface area (Å²) < 4.78 is 21.6. The van der Waals surface area contributed by atoms with Crippen LogP contribution in [0.2, 0.25) is 0 Å². The van der Waals surface area contributed by atoms with Crippen LogP contribution in [0.3, 0.4) is 0 Å². The third kappa shape index (κ3) is 2.52. The van der Waals surface area contributed by atoms with Crippen LogP contribution in [0.15, 0.2) is 45.6 Å². The Labute approximate surface area is 137 Å². The topological polar surface area (TPSA) is 78.1 Å². The molecule has 0 aliphatic carbocycles. The predicted molar refractivity (Wildman–Crippen MR) is 89.2 cm³/mol. The average Bonchev–Trinajstić information content (AvgIpc) is 2.60. The van der Waals surface area contributed by atoms with Gasteiger partial charge in [0.2, 0.25) is 5.75 Å². The van der Waals surface area contributed by atoms with Gasteiger partial charge in [0.05, 0.1) is 26.7 Å². The summed E-state index contributed by atoms with van der Waals surface area (Å²) >= 11 is 0. The second-order valence-corrected chi connectivity index (χ2v) is 5.04. The van der Waals surface area contributed by atoms with Crippen molar-refractivity contribution in [3.63, 3.8) is 0 Å². The van der Waals surface area contributed by atoms with E-state index in [4.69, 9.17) is 18.6 Å². The van der Waals surface area contributed by atoms with Crippen LogP contribution in [-0.2, 0) is 0 Å². The van der Waals surface area contributed by atoms with E-state index in [1.165, 1.54) is 33.5 Å². The molecular weight excluding hydrogens is 312 g/mol. The molecule has 0 radical (unpaired) electrons. The molecule has 3 aromatic rings. The number of methoxy groups -OCH3 is 3. The van der Waals surface area contributed by atoms with Crippen molar-refractivity contribution in [1.29, 1.82) is 0 Å². The van der Waals surface area contributed by atoms with Crippen molar-refractivity contribution in [3.8, 4) is 34.3 Å². The maximum absolute atomic E-state index is 12.4. The smallest absolute Gasteiger partial charge is 0.204 e. The van der Waals surface area contributed by atoms with Crippen molar-refractivity contribution in [2.45, 2.75) is 0 Å². The largest absolute Gasteiger partial charge is 0.504 e. The highest BCUT2D eigenvalue weighted by Gasteiger charge is 2.16. The van der Waals surface area contributed by atoms with Gasteiger partial charge in [-0.15, -0.1) is 0 Å². The summed E-state index contributed by atoms with van der Waals surface area (Å²) in [6.07, 6.45) is 0. The predicted octanol–water partition coefficient (Wildman–Crippen LogP) is 3.19. The lowest BCUT2D eigenvalue weighted by Crippen LogP contribution is -2.02. The maximum atomic E-state index is 12.4. The second kappa shape index (κ2) is 6.16. The molecule has 124 valence electrons. The molecular formula is C18H16O6. The van der Waals surface area contributed by atoms with Gasteiger partial charge in [0.1, 0.15) is 5.76 Å². The number of aromatic hydroxyl groups is 1. The highest BCUT2D eigenvalue weighted by atomic mass is 16.5. The lowest BCUT2D eigenvalue weighted by molar-refractivity contribution is 0.353. The fourth-order valence-corrected chi connectivity index (χ4v) is 2.50. The van der Waals surface area contributed by atoms with Crippen molar-refractivity contribution in [3.05, 3.63) is 46.6 Å². The number of hydrogen-bond donors (Lipinski definition) is 1. The number of fused-ring (bicyclic) bond motifs is 1. The molecule has 2 aromatic carbocycles. The zero-order valence-electron chi connectivity index (χ0n) is 13.5. The third-order valence-corrected chi connectivity index (χ3v) is 3.70. The summed E-state index contributed by atoms with van der Waals surface area (Å²) in [7, 11) is 4.44. The number of benzene rings is 2. The van der Waals surface area contributed by atoms with Gasteiger partial charge in [0, 0.05) is 11.6 Å². The van der Waals surface area contributed by atoms with E-state index in [1.807, 2.05) is 0 Å². The number of hydrogen-bond acceptors (Lipinski definition) is 6. The summed E-state index contributed by atoms with van der Waals surface area (Å²) in [6.45, 7) is 0. The van der Waals surface area contributed by atoms with Crippen molar-refractivity contribution < 1.29 is 23.7 Å². The van der Waals surface area contributed by atoms with E-state index in [-0.39, 0.29) is 16.9 Å². The van der Waals surface area contributed by atoms with Crippen molar-refractivity contribution in [2.75, 3.05) is 21.3 Å². The minimum Gasteiger partial charge on any atom is -0.504 e. The van der Waals surface area contributed by atoms with Gasteiger partial charge in [-0.3, -0.25) is 4.79 Å². The molecule has 0 saturated carbocycles. The molecule has 6 nitrogen and oxygen atoms in total. The molecule has 0 bridgehead atoms. The van der Waals surface area contributed by atoms with E-state index in [2.05, 4.69) is 0 Å². The Morgan fingerprint density at radius 1 is 0.917 bits per heavy atom. The molecule has 0 atom stereocenters. The highest BCUT2D eigenvalue weighted by Crippen LogP contribution is 2.37. The molecule has 1 heterocycles. The standard InChI is InChI=1S/C18H16O6/c1-21-14-7-5-11-13(20)9-15(24-17(11)18(14)23-3)10-4-6-12(19)16(8-10)22-2/h4-9,19H,1-3H3. The monoisotopic (exact) mass is 328 g/mol. The fraction of sp³-hybridized carbons (Fsp3) is 0.167. The first-order valence-electron chi connectivity index (χ1n) is 7.15. The van der Waals surface area contributed by atoms with Gasteiger partial charge in [0.25, 0.3) is 0 Å². The molecule has 0 aliphatic rings. The third-order valence-electron chi connectivity index (χ3n) is 3.70. The lowest BCUT2D eigenvalue weighted by atomic mass is 10.1. The normalized spacial score (nSPS) is 10.6. The van der Waals surface area contributed by atoms with Gasteiger partial charge >= 0.3 is 0 Å². The summed E-state index contributed by atoms with van der Waals surface area (Å²) in [4.78, 5) is 12.4. The number of phenolic OH excluding ortho intramolecular Hbond substituents is 1. The lowest BCUT2D eigenvalue weighted by Gasteiger charge is -2.11. The average molecular weight is 328 g/mol. The Hall–Kier alpha value is -3.15.